The Labute approximate surface area is 56.2 Å². The predicted octanol–water partition coefficient (Wildman–Crippen LogP) is 1.24. The van der Waals surface area contributed by atoms with Crippen molar-refractivity contribution in [2.24, 2.45) is 0 Å². The van der Waals surface area contributed by atoms with Gasteiger partial charge >= 0.3 is 0 Å². The summed E-state index contributed by atoms with van der Waals surface area (Å²) in [6.07, 6.45) is 2.91. The Bertz CT molecular complexity index is 105. The fourth-order valence-corrected chi connectivity index (χ4v) is 1.95. The van der Waals surface area contributed by atoms with Crippen LogP contribution in [0.5, 0.6) is 0 Å². The van der Waals surface area contributed by atoms with E-state index in [1.54, 1.807) is 0 Å². The Morgan fingerprint density at radius 3 is 2.38 bits per heavy atom. The average molecular weight is 179 g/mol. The molecule has 0 radical (unpaired) electrons. The lowest BCUT2D eigenvalue weighted by Crippen LogP contribution is -2.18. The van der Waals surface area contributed by atoms with Crippen LogP contribution >= 0.6 is 15.9 Å². The molecule has 46 valence electrons. The third-order valence-corrected chi connectivity index (χ3v) is 2.67. The first-order valence-electron chi connectivity index (χ1n) is 2.82. The van der Waals surface area contributed by atoms with Crippen LogP contribution in [0.15, 0.2) is 0 Å². The van der Waals surface area contributed by atoms with E-state index in [4.69, 9.17) is 9.78 Å². The van der Waals surface area contributed by atoms with Crippen LogP contribution in [-0.2, 0) is 9.78 Å². The number of rotatable bonds is 0. The third kappa shape index (κ3) is 0.616. The number of halogens is 1. The molecule has 2 bridgehead atoms. The van der Waals surface area contributed by atoms with Crippen molar-refractivity contribution in [1.29, 1.82) is 0 Å². The van der Waals surface area contributed by atoms with Crippen LogP contribution in [0.4, 0.5) is 0 Å². The molecular weight excluding hydrogens is 172 g/mol. The first-order chi connectivity index (χ1) is 3.86. The largest absolute Gasteiger partial charge is 0.233 e. The minimum atomic E-state index is 0.333. The highest BCUT2D eigenvalue weighted by atomic mass is 79.9. The number of hydrogen-bond donors (Lipinski definition) is 0. The molecule has 0 amide bonds. The lowest BCUT2D eigenvalue weighted by Gasteiger charge is -2.13. The summed E-state index contributed by atoms with van der Waals surface area (Å²) < 4.78 is 0. The Kier molecular flexibility index (Phi) is 1.10. The van der Waals surface area contributed by atoms with Gasteiger partial charge < -0.3 is 0 Å². The van der Waals surface area contributed by atoms with Crippen LogP contribution < -0.4 is 0 Å². The zero-order valence-electron chi connectivity index (χ0n) is 4.34. The van der Waals surface area contributed by atoms with Crippen LogP contribution in [0.1, 0.15) is 12.8 Å². The van der Waals surface area contributed by atoms with Crippen LogP contribution in [0.2, 0.25) is 0 Å². The summed E-state index contributed by atoms with van der Waals surface area (Å²) in [6, 6.07) is 0. The van der Waals surface area contributed by atoms with E-state index in [-0.39, 0.29) is 0 Å². The molecule has 2 rings (SSSR count). The normalized spacial score (nSPS) is 52.9. The van der Waals surface area contributed by atoms with Gasteiger partial charge in [-0.15, -0.1) is 0 Å². The van der Waals surface area contributed by atoms with Crippen LogP contribution in [0, 0.1) is 0 Å². The van der Waals surface area contributed by atoms with Gasteiger partial charge in [0.2, 0.25) is 0 Å². The van der Waals surface area contributed by atoms with E-state index in [9.17, 15) is 0 Å². The van der Waals surface area contributed by atoms with Gasteiger partial charge in [0.05, 0.1) is 6.10 Å². The summed E-state index contributed by atoms with van der Waals surface area (Å²) in [5.74, 6) is 0. The first-order valence-corrected chi connectivity index (χ1v) is 3.74. The topological polar surface area (TPSA) is 18.5 Å². The van der Waals surface area contributed by atoms with Crippen molar-refractivity contribution in [2.75, 3.05) is 0 Å². The summed E-state index contributed by atoms with van der Waals surface area (Å²) in [5.41, 5.74) is 0. The number of hydrogen-bond acceptors (Lipinski definition) is 2. The highest BCUT2D eigenvalue weighted by Crippen LogP contribution is 2.36. The highest BCUT2D eigenvalue weighted by molar-refractivity contribution is 9.09. The molecule has 1 aliphatic carbocycles. The summed E-state index contributed by atoms with van der Waals surface area (Å²) in [5, 5.41) is 0. The molecule has 3 atom stereocenters. The fourth-order valence-electron chi connectivity index (χ4n) is 1.23. The molecule has 0 aromatic heterocycles. The molecule has 0 N–H and O–H groups in total. The number of fused-ring (bicyclic) bond motifs is 2. The van der Waals surface area contributed by atoms with Gasteiger partial charge in [0.1, 0.15) is 6.10 Å². The second-order valence-corrected chi connectivity index (χ2v) is 3.52. The lowest BCUT2D eigenvalue weighted by atomic mass is 10.3. The maximum Gasteiger partial charge on any atom is 0.108 e. The van der Waals surface area contributed by atoms with E-state index in [2.05, 4.69) is 15.9 Å². The van der Waals surface area contributed by atoms with Gasteiger partial charge in [0.15, 0.2) is 0 Å². The van der Waals surface area contributed by atoms with E-state index in [0.717, 1.165) is 12.8 Å². The molecule has 1 saturated heterocycles. The minimum absolute atomic E-state index is 0.333. The van der Waals surface area contributed by atoms with Crippen molar-refractivity contribution in [1.82, 2.24) is 0 Å². The summed E-state index contributed by atoms with van der Waals surface area (Å²) in [4.78, 5) is 10.4. The van der Waals surface area contributed by atoms with Crippen LogP contribution in [0.3, 0.4) is 0 Å². The molecule has 2 aliphatic rings. The van der Waals surface area contributed by atoms with E-state index in [0.29, 0.717) is 17.0 Å². The van der Waals surface area contributed by atoms with E-state index < -0.39 is 0 Å². The van der Waals surface area contributed by atoms with Crippen molar-refractivity contribution in [3.05, 3.63) is 0 Å². The maximum atomic E-state index is 4.92. The van der Waals surface area contributed by atoms with Gasteiger partial charge in [-0.2, -0.15) is 0 Å². The van der Waals surface area contributed by atoms with Gasteiger partial charge in [0.25, 0.3) is 0 Å². The smallest absolute Gasteiger partial charge is 0.108 e. The monoisotopic (exact) mass is 178 g/mol. The van der Waals surface area contributed by atoms with Crippen LogP contribution in [-0.4, -0.2) is 17.0 Å². The highest BCUT2D eigenvalue weighted by Gasteiger charge is 2.41. The van der Waals surface area contributed by atoms with Gasteiger partial charge in [-0.1, -0.05) is 15.9 Å². The SMILES string of the molecule is BrC1CC2CC1OO2. The zero-order valence-corrected chi connectivity index (χ0v) is 5.93. The minimum Gasteiger partial charge on any atom is -0.233 e. The molecule has 1 saturated carbocycles. The van der Waals surface area contributed by atoms with Gasteiger partial charge in [-0.25, -0.2) is 9.78 Å². The predicted molar refractivity (Wildman–Crippen MR) is 31.7 cm³/mol. The molecule has 3 heteroatoms. The zero-order chi connectivity index (χ0) is 5.56. The Morgan fingerprint density at radius 1 is 1.25 bits per heavy atom. The Hall–Kier alpha value is 0.400. The summed E-state index contributed by atoms with van der Waals surface area (Å²) in [6.45, 7) is 0. The molecule has 1 aliphatic heterocycles. The van der Waals surface area contributed by atoms with Crippen LogP contribution in [0.25, 0.3) is 0 Å². The summed E-state index contributed by atoms with van der Waals surface area (Å²) >= 11 is 3.49. The van der Waals surface area contributed by atoms with E-state index in [1.807, 2.05) is 0 Å². The second-order valence-electron chi connectivity index (χ2n) is 2.34. The maximum absolute atomic E-state index is 4.92. The van der Waals surface area contributed by atoms with E-state index in [1.165, 1.54) is 0 Å². The third-order valence-electron chi connectivity index (χ3n) is 1.70. The quantitative estimate of drug-likeness (QED) is 0.411. The van der Waals surface area contributed by atoms with Crippen molar-refractivity contribution in [2.45, 2.75) is 29.9 Å². The molecule has 0 aromatic carbocycles. The molecule has 0 spiro atoms. The molecule has 2 fully saturated rings. The van der Waals surface area contributed by atoms with Crippen molar-refractivity contribution < 1.29 is 9.78 Å². The van der Waals surface area contributed by atoms with Crippen molar-refractivity contribution >= 4 is 15.9 Å². The molecule has 1 heterocycles. The number of alkyl halides is 1. The van der Waals surface area contributed by atoms with Gasteiger partial charge in [-0.3, -0.25) is 0 Å². The van der Waals surface area contributed by atoms with Gasteiger partial charge in [0, 0.05) is 11.2 Å². The van der Waals surface area contributed by atoms with Gasteiger partial charge in [-0.05, 0) is 6.42 Å². The Balaban J connectivity index is 2.11. The van der Waals surface area contributed by atoms with Crippen molar-refractivity contribution in [3.63, 3.8) is 0 Å². The molecule has 8 heavy (non-hydrogen) atoms. The molecule has 3 unspecified atom stereocenters. The first kappa shape index (κ1) is 5.21. The van der Waals surface area contributed by atoms with E-state index >= 15 is 0 Å². The summed E-state index contributed by atoms with van der Waals surface area (Å²) in [7, 11) is 0. The van der Waals surface area contributed by atoms with Crippen molar-refractivity contribution in [3.8, 4) is 0 Å². The average Bonchev–Trinajstić information content (AvgIpc) is 2.23. The fraction of sp³-hybridized carbons (Fsp3) is 1.00. The lowest BCUT2D eigenvalue weighted by molar-refractivity contribution is -0.313. The second kappa shape index (κ2) is 1.69. The standard InChI is InChI=1S/C5H7BrO2/c6-4-1-3-2-5(4)8-7-3/h3-5H,1-2H2. The molecule has 2 nitrogen and oxygen atoms in total. The molecule has 0 aromatic rings. The molecular formula is C5H7BrO2. The Morgan fingerprint density at radius 2 is 2.12 bits per heavy atom.